The number of carbonyl (C=O) groups is 1. The summed E-state index contributed by atoms with van der Waals surface area (Å²) in [5.74, 6) is -0.949. The molecular weight excluding hydrogens is 244 g/mol. The maximum absolute atomic E-state index is 11.6. The van der Waals surface area contributed by atoms with Crippen molar-refractivity contribution in [2.45, 2.75) is 19.9 Å². The Morgan fingerprint density at radius 3 is 2.68 bits per heavy atom. The molecule has 5 heteroatoms. The molecule has 1 aromatic heterocycles. The van der Waals surface area contributed by atoms with Gasteiger partial charge in [0.2, 0.25) is 0 Å². The lowest BCUT2D eigenvalue weighted by Crippen LogP contribution is -2.23. The zero-order chi connectivity index (χ0) is 13.8. The Kier molecular flexibility index (Phi) is 3.75. The molecule has 98 valence electrons. The lowest BCUT2D eigenvalue weighted by Gasteiger charge is -2.07. The van der Waals surface area contributed by atoms with Crippen LogP contribution >= 0.6 is 0 Å². The third kappa shape index (κ3) is 3.07. The van der Waals surface area contributed by atoms with E-state index in [1.54, 1.807) is 6.07 Å². The molecule has 5 nitrogen and oxygen atoms in total. The zero-order valence-corrected chi connectivity index (χ0v) is 10.5. The average molecular weight is 258 g/mol. The number of hydrogen-bond donors (Lipinski definition) is 1. The lowest BCUT2D eigenvalue weighted by molar-refractivity contribution is -0.137. The van der Waals surface area contributed by atoms with Crippen molar-refractivity contribution >= 4 is 5.97 Å². The van der Waals surface area contributed by atoms with Crippen molar-refractivity contribution in [3.63, 3.8) is 0 Å². The maximum Gasteiger partial charge on any atom is 0.305 e. The van der Waals surface area contributed by atoms with Crippen LogP contribution in [0.25, 0.3) is 11.3 Å². The van der Waals surface area contributed by atoms with E-state index in [0.717, 1.165) is 11.1 Å². The SMILES string of the molecule is Cc1ccccc1-c1ccc(=O)n(CCC(=O)O)n1. The minimum Gasteiger partial charge on any atom is -0.481 e. The molecule has 0 amide bonds. The van der Waals surface area contributed by atoms with Gasteiger partial charge in [-0.3, -0.25) is 9.59 Å². The maximum atomic E-state index is 11.6. The van der Waals surface area contributed by atoms with Crippen molar-refractivity contribution in [3.8, 4) is 11.3 Å². The molecule has 0 saturated heterocycles. The normalized spacial score (nSPS) is 10.4. The van der Waals surface area contributed by atoms with Gasteiger partial charge >= 0.3 is 5.97 Å². The van der Waals surface area contributed by atoms with Crippen molar-refractivity contribution in [2.75, 3.05) is 0 Å². The molecule has 1 N–H and O–H groups in total. The first-order chi connectivity index (χ1) is 9.08. The van der Waals surface area contributed by atoms with Crippen LogP contribution in [-0.2, 0) is 11.3 Å². The van der Waals surface area contributed by atoms with Gasteiger partial charge in [-0.1, -0.05) is 24.3 Å². The summed E-state index contributed by atoms with van der Waals surface area (Å²) in [6, 6.07) is 10.8. The van der Waals surface area contributed by atoms with Crippen LogP contribution in [0.5, 0.6) is 0 Å². The van der Waals surface area contributed by atoms with E-state index in [-0.39, 0.29) is 18.5 Å². The molecule has 0 atom stereocenters. The quantitative estimate of drug-likeness (QED) is 0.905. The Morgan fingerprint density at radius 1 is 1.26 bits per heavy atom. The fourth-order valence-corrected chi connectivity index (χ4v) is 1.81. The molecule has 1 aromatic carbocycles. The van der Waals surface area contributed by atoms with Gasteiger partial charge in [-0.15, -0.1) is 0 Å². The van der Waals surface area contributed by atoms with E-state index in [1.807, 2.05) is 31.2 Å². The van der Waals surface area contributed by atoms with Crippen LogP contribution < -0.4 is 5.56 Å². The highest BCUT2D eigenvalue weighted by atomic mass is 16.4. The summed E-state index contributed by atoms with van der Waals surface area (Å²) in [5.41, 5.74) is 2.37. The first-order valence-electron chi connectivity index (χ1n) is 5.94. The number of nitrogens with zero attached hydrogens (tertiary/aromatic N) is 2. The molecule has 2 rings (SSSR count). The molecule has 0 unspecified atom stereocenters. The number of rotatable bonds is 4. The van der Waals surface area contributed by atoms with E-state index in [1.165, 1.54) is 10.7 Å². The summed E-state index contributed by atoms with van der Waals surface area (Å²) in [7, 11) is 0. The number of aromatic nitrogens is 2. The number of aryl methyl sites for hydroxylation is 2. The molecule has 0 radical (unpaired) electrons. The van der Waals surface area contributed by atoms with Crippen LogP contribution in [0.1, 0.15) is 12.0 Å². The molecule has 0 aliphatic rings. The van der Waals surface area contributed by atoms with Crippen LogP contribution in [0, 0.1) is 6.92 Å². The average Bonchev–Trinajstić information content (AvgIpc) is 2.38. The summed E-state index contributed by atoms with van der Waals surface area (Å²) < 4.78 is 1.19. The topological polar surface area (TPSA) is 72.2 Å². The van der Waals surface area contributed by atoms with Crippen molar-refractivity contribution in [1.29, 1.82) is 0 Å². The summed E-state index contributed by atoms with van der Waals surface area (Å²) in [6.45, 7) is 2.04. The van der Waals surface area contributed by atoms with Crippen LogP contribution in [0.4, 0.5) is 0 Å². The Balaban J connectivity index is 2.38. The van der Waals surface area contributed by atoms with Gasteiger partial charge in [-0.2, -0.15) is 5.10 Å². The second-order valence-electron chi connectivity index (χ2n) is 4.24. The van der Waals surface area contributed by atoms with Gasteiger partial charge in [0.15, 0.2) is 0 Å². The molecule has 0 saturated carbocycles. The molecule has 2 aromatic rings. The second kappa shape index (κ2) is 5.48. The van der Waals surface area contributed by atoms with Gasteiger partial charge in [0, 0.05) is 11.6 Å². The highest BCUT2D eigenvalue weighted by Gasteiger charge is 2.06. The Hall–Kier alpha value is -2.43. The van der Waals surface area contributed by atoms with Gasteiger partial charge in [-0.05, 0) is 18.6 Å². The molecule has 0 fully saturated rings. The van der Waals surface area contributed by atoms with Gasteiger partial charge in [0.1, 0.15) is 0 Å². The van der Waals surface area contributed by atoms with E-state index in [0.29, 0.717) is 5.69 Å². The largest absolute Gasteiger partial charge is 0.481 e. The zero-order valence-electron chi connectivity index (χ0n) is 10.5. The molecule has 19 heavy (non-hydrogen) atoms. The Bertz CT molecular complexity index is 662. The standard InChI is InChI=1S/C14H14N2O3/c1-10-4-2-3-5-11(10)12-6-7-13(17)16(15-12)9-8-14(18)19/h2-7H,8-9H2,1H3,(H,18,19). The molecule has 0 aliphatic heterocycles. The summed E-state index contributed by atoms with van der Waals surface area (Å²) >= 11 is 0. The fourth-order valence-electron chi connectivity index (χ4n) is 1.81. The van der Waals surface area contributed by atoms with Gasteiger partial charge in [0.25, 0.3) is 5.56 Å². The van der Waals surface area contributed by atoms with E-state index in [9.17, 15) is 9.59 Å². The smallest absolute Gasteiger partial charge is 0.305 e. The number of aliphatic carboxylic acids is 1. The number of carboxylic acid groups (broad SMARTS) is 1. The third-order valence-electron chi connectivity index (χ3n) is 2.83. The molecule has 0 aliphatic carbocycles. The van der Waals surface area contributed by atoms with Crippen LogP contribution in [0.15, 0.2) is 41.2 Å². The second-order valence-corrected chi connectivity index (χ2v) is 4.24. The first-order valence-corrected chi connectivity index (χ1v) is 5.94. The van der Waals surface area contributed by atoms with Crippen LogP contribution in [0.2, 0.25) is 0 Å². The minimum atomic E-state index is -0.949. The predicted molar refractivity (Wildman–Crippen MR) is 70.9 cm³/mol. The van der Waals surface area contributed by atoms with Crippen molar-refractivity contribution in [3.05, 3.63) is 52.3 Å². The van der Waals surface area contributed by atoms with Crippen LogP contribution in [-0.4, -0.2) is 20.9 Å². The van der Waals surface area contributed by atoms with Crippen molar-refractivity contribution in [1.82, 2.24) is 9.78 Å². The molecule has 0 spiro atoms. The highest BCUT2D eigenvalue weighted by Crippen LogP contribution is 2.19. The lowest BCUT2D eigenvalue weighted by atomic mass is 10.1. The summed E-state index contributed by atoms with van der Waals surface area (Å²) in [5, 5.41) is 12.9. The first kappa shape index (κ1) is 13.0. The minimum absolute atomic E-state index is 0.0773. The Morgan fingerprint density at radius 2 is 2.00 bits per heavy atom. The number of hydrogen-bond acceptors (Lipinski definition) is 3. The van der Waals surface area contributed by atoms with Crippen LogP contribution in [0.3, 0.4) is 0 Å². The van der Waals surface area contributed by atoms with E-state index in [2.05, 4.69) is 5.10 Å². The summed E-state index contributed by atoms with van der Waals surface area (Å²) in [6.07, 6.45) is -0.121. The fraction of sp³-hybridized carbons (Fsp3) is 0.214. The molecule has 0 bridgehead atoms. The van der Waals surface area contributed by atoms with Gasteiger partial charge < -0.3 is 5.11 Å². The number of benzene rings is 1. The monoisotopic (exact) mass is 258 g/mol. The van der Waals surface area contributed by atoms with E-state index >= 15 is 0 Å². The molecular formula is C14H14N2O3. The predicted octanol–water partition coefficient (Wildman–Crippen LogP) is 1.69. The van der Waals surface area contributed by atoms with Crippen molar-refractivity contribution in [2.24, 2.45) is 0 Å². The highest BCUT2D eigenvalue weighted by molar-refractivity contribution is 5.66. The van der Waals surface area contributed by atoms with Gasteiger partial charge in [0.05, 0.1) is 18.7 Å². The van der Waals surface area contributed by atoms with Gasteiger partial charge in [-0.25, -0.2) is 4.68 Å². The van der Waals surface area contributed by atoms with Crippen molar-refractivity contribution < 1.29 is 9.90 Å². The Labute approximate surface area is 110 Å². The third-order valence-corrected chi connectivity index (χ3v) is 2.83. The number of carboxylic acids is 1. The molecule has 1 heterocycles. The van der Waals surface area contributed by atoms with E-state index < -0.39 is 5.97 Å². The summed E-state index contributed by atoms with van der Waals surface area (Å²) in [4.78, 5) is 22.2. The van der Waals surface area contributed by atoms with E-state index in [4.69, 9.17) is 5.11 Å².